The largest absolute Gasteiger partial charge is 0.539 e. The van der Waals surface area contributed by atoms with Crippen LogP contribution in [0.3, 0.4) is 0 Å². The summed E-state index contributed by atoms with van der Waals surface area (Å²) in [5.74, 6) is -0.418. The lowest BCUT2D eigenvalue weighted by molar-refractivity contribution is -0.677. The lowest BCUT2D eigenvalue weighted by Gasteiger charge is -2.12. The van der Waals surface area contributed by atoms with Crippen molar-refractivity contribution >= 4 is 0 Å². The van der Waals surface area contributed by atoms with Crippen molar-refractivity contribution in [1.82, 2.24) is 10.6 Å². The van der Waals surface area contributed by atoms with Crippen molar-refractivity contribution in [2.45, 2.75) is 26.4 Å². The second-order valence-corrected chi connectivity index (χ2v) is 5.57. The summed E-state index contributed by atoms with van der Waals surface area (Å²) in [7, 11) is 0. The lowest BCUT2D eigenvalue weighted by atomic mass is 10.1. The number of aromatic nitrogens is 2. The van der Waals surface area contributed by atoms with Crippen LogP contribution in [0.15, 0.2) is 59.1 Å². The third-order valence-electron chi connectivity index (χ3n) is 3.85. The van der Waals surface area contributed by atoms with Gasteiger partial charge in [0.15, 0.2) is 5.95 Å². The first-order chi connectivity index (χ1) is 11.1. The average Bonchev–Trinajstić information content (AvgIpc) is 2.95. The molecule has 0 bridgehead atoms. The Hall–Kier alpha value is -2.66. The maximum absolute atomic E-state index is 11.9. The minimum absolute atomic E-state index is 0.122. The van der Waals surface area contributed by atoms with E-state index in [1.807, 2.05) is 49.4 Å². The SMILES string of the molecule is Cc1ccc(-[n+]2noc([O-])c2CNC(C)c2ccccc2)cc1. The summed E-state index contributed by atoms with van der Waals surface area (Å²) in [6, 6.07) is 18.0. The molecule has 2 aromatic carbocycles. The second kappa shape index (κ2) is 6.62. The van der Waals surface area contributed by atoms with Crippen LogP contribution in [-0.4, -0.2) is 5.27 Å². The predicted molar refractivity (Wildman–Crippen MR) is 83.9 cm³/mol. The molecule has 0 saturated heterocycles. The molecule has 0 fully saturated rings. The highest BCUT2D eigenvalue weighted by atomic mass is 16.6. The summed E-state index contributed by atoms with van der Waals surface area (Å²) in [6.07, 6.45) is 0. The molecule has 5 heteroatoms. The number of benzene rings is 2. The molecule has 0 aliphatic heterocycles. The van der Waals surface area contributed by atoms with Crippen molar-refractivity contribution in [2.24, 2.45) is 0 Å². The molecule has 0 aliphatic rings. The van der Waals surface area contributed by atoms with Crippen LogP contribution in [-0.2, 0) is 6.54 Å². The van der Waals surface area contributed by atoms with Crippen molar-refractivity contribution in [1.29, 1.82) is 0 Å². The van der Waals surface area contributed by atoms with Gasteiger partial charge in [0.05, 0.1) is 11.8 Å². The van der Waals surface area contributed by atoms with E-state index in [4.69, 9.17) is 4.52 Å². The van der Waals surface area contributed by atoms with Gasteiger partial charge in [0.25, 0.3) is 5.69 Å². The zero-order chi connectivity index (χ0) is 16.2. The molecule has 1 heterocycles. The number of nitrogens with zero attached hydrogens (tertiary/aromatic N) is 2. The molecule has 0 saturated carbocycles. The molecule has 1 unspecified atom stereocenters. The first-order valence-electron chi connectivity index (χ1n) is 7.58. The molecule has 0 radical (unpaired) electrons. The second-order valence-electron chi connectivity index (χ2n) is 5.57. The number of hydrogen-bond donors (Lipinski definition) is 1. The van der Waals surface area contributed by atoms with E-state index in [1.54, 1.807) is 4.68 Å². The summed E-state index contributed by atoms with van der Waals surface area (Å²) in [5.41, 5.74) is 3.61. The van der Waals surface area contributed by atoms with Gasteiger partial charge in [0, 0.05) is 18.2 Å². The van der Waals surface area contributed by atoms with Crippen LogP contribution in [0.2, 0.25) is 0 Å². The Morgan fingerprint density at radius 1 is 1.13 bits per heavy atom. The van der Waals surface area contributed by atoms with Gasteiger partial charge in [-0.3, -0.25) is 0 Å². The van der Waals surface area contributed by atoms with Crippen LogP contribution in [0.4, 0.5) is 0 Å². The Kier molecular flexibility index (Phi) is 4.39. The standard InChI is InChI=1S/C18H19N3O2/c1-13-8-10-16(11-9-13)21-17(18(22)23-20-21)12-19-14(2)15-6-4-3-5-7-15/h3-11,14,19H,12H2,1-2H3. The maximum atomic E-state index is 11.9. The van der Waals surface area contributed by atoms with Crippen molar-refractivity contribution in [3.8, 4) is 11.6 Å². The van der Waals surface area contributed by atoms with E-state index >= 15 is 0 Å². The van der Waals surface area contributed by atoms with Crippen LogP contribution in [0.25, 0.3) is 5.69 Å². The highest BCUT2D eigenvalue weighted by molar-refractivity contribution is 5.27. The molecule has 3 aromatic rings. The van der Waals surface area contributed by atoms with Gasteiger partial charge in [0.2, 0.25) is 5.69 Å². The van der Waals surface area contributed by atoms with Crippen LogP contribution in [0.1, 0.15) is 29.8 Å². The molecule has 1 aromatic heterocycles. The Balaban J connectivity index is 1.78. The number of rotatable bonds is 5. The molecule has 23 heavy (non-hydrogen) atoms. The molecular weight excluding hydrogens is 290 g/mol. The van der Waals surface area contributed by atoms with E-state index in [0.717, 1.165) is 11.3 Å². The van der Waals surface area contributed by atoms with E-state index in [-0.39, 0.29) is 6.04 Å². The van der Waals surface area contributed by atoms with Crippen molar-refractivity contribution in [2.75, 3.05) is 0 Å². The fraction of sp³-hybridized carbons (Fsp3) is 0.222. The van der Waals surface area contributed by atoms with Gasteiger partial charge >= 0.3 is 0 Å². The Bertz CT molecular complexity index is 767. The zero-order valence-corrected chi connectivity index (χ0v) is 13.2. The maximum Gasteiger partial charge on any atom is 0.253 e. The fourth-order valence-electron chi connectivity index (χ4n) is 2.41. The quantitative estimate of drug-likeness (QED) is 0.734. The first kappa shape index (κ1) is 15.2. The molecule has 1 atom stereocenters. The van der Waals surface area contributed by atoms with Gasteiger partial charge in [0.1, 0.15) is 0 Å². The molecule has 1 N–H and O–H groups in total. The topological polar surface area (TPSA) is 65.0 Å². The minimum atomic E-state index is -0.418. The molecule has 118 valence electrons. The van der Waals surface area contributed by atoms with Gasteiger partial charge in [-0.15, -0.1) is 0 Å². The monoisotopic (exact) mass is 309 g/mol. The Morgan fingerprint density at radius 3 is 2.52 bits per heavy atom. The predicted octanol–water partition coefficient (Wildman–Crippen LogP) is 2.18. The van der Waals surface area contributed by atoms with Gasteiger partial charge in [-0.1, -0.05) is 48.0 Å². The molecular formula is C18H19N3O2. The average molecular weight is 309 g/mol. The minimum Gasteiger partial charge on any atom is -0.539 e. The van der Waals surface area contributed by atoms with Crippen LogP contribution >= 0.6 is 0 Å². The summed E-state index contributed by atoms with van der Waals surface area (Å²) in [4.78, 5) is 0. The highest BCUT2D eigenvalue weighted by Gasteiger charge is 2.20. The van der Waals surface area contributed by atoms with E-state index in [9.17, 15) is 5.11 Å². The molecule has 3 rings (SSSR count). The molecule has 0 amide bonds. The van der Waals surface area contributed by atoms with Gasteiger partial charge in [-0.25, -0.2) is 0 Å². The van der Waals surface area contributed by atoms with E-state index < -0.39 is 5.95 Å². The van der Waals surface area contributed by atoms with E-state index in [1.165, 1.54) is 5.56 Å². The number of aryl methyl sites for hydroxylation is 1. The van der Waals surface area contributed by atoms with Crippen LogP contribution in [0, 0.1) is 6.92 Å². The third-order valence-corrected chi connectivity index (χ3v) is 3.85. The molecule has 5 nitrogen and oxygen atoms in total. The normalized spacial score (nSPS) is 12.3. The van der Waals surface area contributed by atoms with E-state index in [2.05, 4.69) is 29.6 Å². The van der Waals surface area contributed by atoms with Crippen LogP contribution < -0.4 is 15.1 Å². The first-order valence-corrected chi connectivity index (χ1v) is 7.58. The lowest BCUT2D eigenvalue weighted by Crippen LogP contribution is -2.39. The van der Waals surface area contributed by atoms with Crippen molar-refractivity contribution in [3.63, 3.8) is 0 Å². The molecule has 0 spiro atoms. The van der Waals surface area contributed by atoms with Gasteiger partial charge in [-0.2, -0.15) is 0 Å². The smallest absolute Gasteiger partial charge is 0.253 e. The Morgan fingerprint density at radius 2 is 1.83 bits per heavy atom. The third kappa shape index (κ3) is 3.40. The van der Waals surface area contributed by atoms with Crippen molar-refractivity contribution < 1.29 is 14.3 Å². The Labute approximate surface area is 135 Å². The number of hydrogen-bond acceptors (Lipinski definition) is 4. The van der Waals surface area contributed by atoms with Crippen LogP contribution in [0.5, 0.6) is 5.95 Å². The summed E-state index contributed by atoms with van der Waals surface area (Å²) in [6.45, 7) is 4.45. The summed E-state index contributed by atoms with van der Waals surface area (Å²) in [5, 5.41) is 19.1. The van der Waals surface area contributed by atoms with Gasteiger partial charge in [-0.05, 0) is 24.1 Å². The van der Waals surface area contributed by atoms with E-state index in [0.29, 0.717) is 12.2 Å². The zero-order valence-electron chi connectivity index (χ0n) is 13.2. The van der Waals surface area contributed by atoms with Gasteiger partial charge < -0.3 is 14.9 Å². The summed E-state index contributed by atoms with van der Waals surface area (Å²) < 4.78 is 6.38. The number of nitrogens with one attached hydrogen (secondary N) is 1. The highest BCUT2D eigenvalue weighted by Crippen LogP contribution is 2.15. The summed E-state index contributed by atoms with van der Waals surface area (Å²) >= 11 is 0. The molecule has 0 aliphatic carbocycles. The fourth-order valence-corrected chi connectivity index (χ4v) is 2.41. The van der Waals surface area contributed by atoms with Crippen molar-refractivity contribution in [3.05, 3.63) is 71.4 Å².